The Morgan fingerprint density at radius 3 is 2.59 bits per heavy atom. The van der Waals surface area contributed by atoms with Gasteiger partial charge in [0.25, 0.3) is 0 Å². The van der Waals surface area contributed by atoms with Crippen LogP contribution in [-0.4, -0.2) is 17.9 Å². The Bertz CT molecular complexity index is 374. The lowest BCUT2D eigenvalue weighted by molar-refractivity contribution is -0.129. The maximum Gasteiger partial charge on any atom is 0.243 e. The Morgan fingerprint density at radius 2 is 2.12 bits per heavy atom. The lowest BCUT2D eigenvalue weighted by atomic mass is 10.0. The van der Waals surface area contributed by atoms with E-state index in [1.54, 1.807) is 11.3 Å². The van der Waals surface area contributed by atoms with Gasteiger partial charge >= 0.3 is 0 Å². The van der Waals surface area contributed by atoms with E-state index < -0.39 is 6.04 Å². The number of amides is 2. The number of carbonyl (C=O) groups is 2. The van der Waals surface area contributed by atoms with Gasteiger partial charge in [-0.2, -0.15) is 0 Å². The molecule has 0 bridgehead atoms. The van der Waals surface area contributed by atoms with E-state index in [9.17, 15) is 9.59 Å². The highest BCUT2D eigenvalue weighted by Crippen LogP contribution is 2.08. The zero-order valence-electron chi connectivity index (χ0n) is 10.3. The van der Waals surface area contributed by atoms with Gasteiger partial charge in [-0.05, 0) is 17.4 Å². The number of hydrogen-bond donors (Lipinski definition) is 2. The molecule has 2 N–H and O–H groups in total. The van der Waals surface area contributed by atoms with Crippen LogP contribution in [0.3, 0.4) is 0 Å². The van der Waals surface area contributed by atoms with Gasteiger partial charge in [-0.1, -0.05) is 19.9 Å². The molecule has 0 unspecified atom stereocenters. The molecule has 1 aromatic heterocycles. The van der Waals surface area contributed by atoms with E-state index in [-0.39, 0.29) is 17.7 Å². The fraction of sp³-hybridized carbons (Fsp3) is 0.500. The van der Waals surface area contributed by atoms with Crippen LogP contribution in [0.1, 0.15) is 25.6 Å². The second-order valence-electron chi connectivity index (χ2n) is 4.22. The molecule has 1 rings (SSSR count). The van der Waals surface area contributed by atoms with Crippen molar-refractivity contribution in [3.05, 3.63) is 22.4 Å². The molecule has 4 nitrogen and oxygen atoms in total. The average molecular weight is 254 g/mol. The summed E-state index contributed by atoms with van der Waals surface area (Å²) in [4.78, 5) is 24.0. The molecule has 1 atom stereocenters. The first kappa shape index (κ1) is 13.7. The molecule has 0 radical (unpaired) electrons. The smallest absolute Gasteiger partial charge is 0.243 e. The summed E-state index contributed by atoms with van der Waals surface area (Å²) in [6, 6.07) is 3.45. The Balaban J connectivity index is 2.50. The van der Waals surface area contributed by atoms with Crippen LogP contribution in [0, 0.1) is 5.92 Å². The van der Waals surface area contributed by atoms with E-state index in [1.807, 2.05) is 31.4 Å². The molecule has 94 valence electrons. The number of thiophene rings is 1. The van der Waals surface area contributed by atoms with Crippen molar-refractivity contribution in [1.29, 1.82) is 0 Å². The maximum absolute atomic E-state index is 11.9. The van der Waals surface area contributed by atoms with E-state index in [1.165, 1.54) is 6.92 Å². The van der Waals surface area contributed by atoms with Crippen molar-refractivity contribution in [3.63, 3.8) is 0 Å². The van der Waals surface area contributed by atoms with Gasteiger partial charge in [0, 0.05) is 11.8 Å². The minimum atomic E-state index is -0.465. The first-order valence-electron chi connectivity index (χ1n) is 5.58. The minimum absolute atomic E-state index is 0.0715. The SMILES string of the molecule is CC(=O)N[C@@H](C(=O)NCc1cccs1)C(C)C. The van der Waals surface area contributed by atoms with Crippen LogP contribution in [0.4, 0.5) is 0 Å². The molecular weight excluding hydrogens is 236 g/mol. The van der Waals surface area contributed by atoms with Gasteiger partial charge in [-0.15, -0.1) is 11.3 Å². The summed E-state index contributed by atoms with van der Waals surface area (Å²) in [6.07, 6.45) is 0. The van der Waals surface area contributed by atoms with Gasteiger partial charge in [-0.25, -0.2) is 0 Å². The Labute approximate surface area is 105 Å². The van der Waals surface area contributed by atoms with Crippen molar-refractivity contribution in [2.45, 2.75) is 33.4 Å². The molecule has 2 amide bonds. The second-order valence-corrected chi connectivity index (χ2v) is 5.25. The lowest BCUT2D eigenvalue weighted by Gasteiger charge is -2.20. The van der Waals surface area contributed by atoms with Gasteiger partial charge in [0.2, 0.25) is 11.8 Å². The van der Waals surface area contributed by atoms with Gasteiger partial charge in [0.1, 0.15) is 6.04 Å². The van der Waals surface area contributed by atoms with Crippen molar-refractivity contribution in [3.8, 4) is 0 Å². The topological polar surface area (TPSA) is 58.2 Å². The third-order valence-electron chi connectivity index (χ3n) is 2.32. The fourth-order valence-electron chi connectivity index (χ4n) is 1.45. The van der Waals surface area contributed by atoms with Crippen molar-refractivity contribution in [2.24, 2.45) is 5.92 Å². The molecular formula is C12H18N2O2S. The Morgan fingerprint density at radius 1 is 1.41 bits per heavy atom. The fourth-order valence-corrected chi connectivity index (χ4v) is 2.10. The molecule has 1 aromatic rings. The van der Waals surface area contributed by atoms with E-state index in [0.29, 0.717) is 6.54 Å². The van der Waals surface area contributed by atoms with Crippen LogP contribution < -0.4 is 10.6 Å². The van der Waals surface area contributed by atoms with Gasteiger partial charge in [0.15, 0.2) is 0 Å². The van der Waals surface area contributed by atoms with Crippen LogP contribution >= 0.6 is 11.3 Å². The summed E-state index contributed by atoms with van der Waals surface area (Å²) in [5.41, 5.74) is 0. The molecule has 0 spiro atoms. The monoisotopic (exact) mass is 254 g/mol. The Kier molecular flexibility index (Phi) is 5.15. The van der Waals surface area contributed by atoms with Crippen LogP contribution in [0.5, 0.6) is 0 Å². The minimum Gasteiger partial charge on any atom is -0.349 e. The zero-order chi connectivity index (χ0) is 12.8. The van der Waals surface area contributed by atoms with E-state index >= 15 is 0 Å². The number of nitrogens with one attached hydrogen (secondary N) is 2. The van der Waals surface area contributed by atoms with Crippen molar-refractivity contribution >= 4 is 23.2 Å². The summed E-state index contributed by atoms with van der Waals surface area (Å²) >= 11 is 1.60. The van der Waals surface area contributed by atoms with Gasteiger partial charge < -0.3 is 10.6 Å². The van der Waals surface area contributed by atoms with E-state index in [4.69, 9.17) is 0 Å². The molecule has 5 heteroatoms. The largest absolute Gasteiger partial charge is 0.349 e. The molecule has 0 aliphatic rings. The van der Waals surface area contributed by atoms with Crippen LogP contribution in [0.25, 0.3) is 0 Å². The van der Waals surface area contributed by atoms with E-state index in [2.05, 4.69) is 10.6 Å². The number of rotatable bonds is 5. The highest BCUT2D eigenvalue weighted by molar-refractivity contribution is 7.09. The molecule has 0 saturated carbocycles. The predicted molar refractivity (Wildman–Crippen MR) is 68.6 cm³/mol. The normalized spacial score (nSPS) is 12.2. The molecule has 0 aliphatic carbocycles. The molecule has 0 saturated heterocycles. The average Bonchev–Trinajstić information content (AvgIpc) is 2.74. The standard InChI is InChI=1S/C12H18N2O2S/c1-8(2)11(14-9(3)15)12(16)13-7-10-5-4-6-17-10/h4-6,8,11H,7H2,1-3H3,(H,13,16)(H,14,15)/t11-/m1/s1. The third kappa shape index (κ3) is 4.56. The maximum atomic E-state index is 11.9. The predicted octanol–water partition coefficient (Wildman–Crippen LogP) is 1.52. The highest BCUT2D eigenvalue weighted by Gasteiger charge is 2.22. The second kappa shape index (κ2) is 6.39. The molecule has 0 aliphatic heterocycles. The first-order chi connectivity index (χ1) is 8.00. The first-order valence-corrected chi connectivity index (χ1v) is 6.46. The molecule has 17 heavy (non-hydrogen) atoms. The molecule has 0 aromatic carbocycles. The number of carbonyl (C=O) groups excluding carboxylic acids is 2. The van der Waals surface area contributed by atoms with Crippen LogP contribution in [-0.2, 0) is 16.1 Å². The van der Waals surface area contributed by atoms with Crippen LogP contribution in [0.15, 0.2) is 17.5 Å². The van der Waals surface area contributed by atoms with E-state index in [0.717, 1.165) is 4.88 Å². The Hall–Kier alpha value is -1.36. The molecule has 0 fully saturated rings. The summed E-state index contributed by atoms with van der Waals surface area (Å²) in [6.45, 7) is 5.75. The summed E-state index contributed by atoms with van der Waals surface area (Å²) in [5, 5.41) is 7.46. The zero-order valence-corrected chi connectivity index (χ0v) is 11.1. The third-order valence-corrected chi connectivity index (χ3v) is 3.20. The number of hydrogen-bond acceptors (Lipinski definition) is 3. The summed E-state index contributed by atoms with van der Waals surface area (Å²) < 4.78 is 0. The van der Waals surface area contributed by atoms with Crippen molar-refractivity contribution in [2.75, 3.05) is 0 Å². The summed E-state index contributed by atoms with van der Waals surface area (Å²) in [7, 11) is 0. The van der Waals surface area contributed by atoms with Crippen molar-refractivity contribution in [1.82, 2.24) is 10.6 Å². The van der Waals surface area contributed by atoms with Crippen molar-refractivity contribution < 1.29 is 9.59 Å². The summed E-state index contributed by atoms with van der Waals surface area (Å²) in [5.74, 6) is -0.249. The van der Waals surface area contributed by atoms with Gasteiger partial charge in [-0.3, -0.25) is 9.59 Å². The molecule has 1 heterocycles. The van der Waals surface area contributed by atoms with Crippen LogP contribution in [0.2, 0.25) is 0 Å². The highest BCUT2D eigenvalue weighted by atomic mass is 32.1. The van der Waals surface area contributed by atoms with Gasteiger partial charge in [0.05, 0.1) is 6.54 Å². The quantitative estimate of drug-likeness (QED) is 0.837. The lowest BCUT2D eigenvalue weighted by Crippen LogP contribution is -2.48.